The summed E-state index contributed by atoms with van der Waals surface area (Å²) < 4.78 is 11.6. The highest BCUT2D eigenvalue weighted by Crippen LogP contribution is 2.40. The Kier molecular flexibility index (Phi) is 4.60. The minimum absolute atomic E-state index is 0.273. The maximum atomic E-state index is 6.07. The second-order valence-electron chi connectivity index (χ2n) is 6.57. The Balaban J connectivity index is 1.78. The highest BCUT2D eigenvalue weighted by molar-refractivity contribution is 5.06. The fraction of sp³-hybridized carbons (Fsp3) is 0.875. The Morgan fingerprint density at radius 2 is 2.05 bits per heavy atom. The van der Waals surface area contributed by atoms with E-state index in [4.69, 9.17) is 20.0 Å². The fourth-order valence-corrected chi connectivity index (χ4v) is 3.87. The first-order valence-corrected chi connectivity index (χ1v) is 8.47. The summed E-state index contributed by atoms with van der Waals surface area (Å²) in [4.78, 5) is 4.72. The van der Waals surface area contributed by atoms with Crippen molar-refractivity contribution in [1.82, 2.24) is 10.1 Å². The van der Waals surface area contributed by atoms with E-state index in [-0.39, 0.29) is 11.6 Å². The molecule has 2 aliphatic rings. The van der Waals surface area contributed by atoms with Gasteiger partial charge in [-0.3, -0.25) is 0 Å². The number of nitrogens with zero attached hydrogens (tertiary/aromatic N) is 2. The quantitative estimate of drug-likeness (QED) is 0.922. The van der Waals surface area contributed by atoms with Crippen LogP contribution in [-0.4, -0.2) is 22.8 Å². The van der Waals surface area contributed by atoms with E-state index in [9.17, 15) is 0 Å². The van der Waals surface area contributed by atoms with Crippen molar-refractivity contribution in [3.8, 4) is 0 Å². The van der Waals surface area contributed by atoms with E-state index < -0.39 is 0 Å². The van der Waals surface area contributed by atoms with Gasteiger partial charge in [0.25, 0.3) is 0 Å². The number of aromatic nitrogens is 2. The van der Waals surface area contributed by atoms with Gasteiger partial charge in [-0.2, -0.15) is 4.98 Å². The zero-order valence-corrected chi connectivity index (χ0v) is 13.0. The fourth-order valence-electron chi connectivity index (χ4n) is 3.87. The molecular formula is C16H27N3O2. The zero-order valence-electron chi connectivity index (χ0n) is 13.0. The Labute approximate surface area is 126 Å². The molecular weight excluding hydrogens is 266 g/mol. The Bertz CT molecular complexity index is 449. The average Bonchev–Trinajstić information content (AvgIpc) is 2.99. The van der Waals surface area contributed by atoms with E-state index >= 15 is 0 Å². The van der Waals surface area contributed by atoms with Crippen molar-refractivity contribution >= 4 is 0 Å². The van der Waals surface area contributed by atoms with E-state index in [0.29, 0.717) is 12.5 Å². The van der Waals surface area contributed by atoms with Gasteiger partial charge in [0.2, 0.25) is 11.7 Å². The molecule has 0 aliphatic heterocycles. The van der Waals surface area contributed by atoms with Gasteiger partial charge in [-0.25, -0.2) is 0 Å². The Morgan fingerprint density at radius 3 is 2.76 bits per heavy atom. The third-order valence-electron chi connectivity index (χ3n) is 5.00. The van der Waals surface area contributed by atoms with Gasteiger partial charge in [-0.05, 0) is 39.0 Å². The number of hydrogen-bond donors (Lipinski definition) is 1. The summed E-state index contributed by atoms with van der Waals surface area (Å²) >= 11 is 0. The molecule has 0 aromatic carbocycles. The first kappa shape index (κ1) is 15.0. The zero-order chi connectivity index (χ0) is 14.7. The Morgan fingerprint density at radius 1 is 1.24 bits per heavy atom. The molecule has 3 rings (SSSR count). The molecule has 1 heterocycles. The normalized spacial score (nSPS) is 29.4. The van der Waals surface area contributed by atoms with Crippen LogP contribution < -0.4 is 5.73 Å². The molecule has 2 unspecified atom stereocenters. The third-order valence-corrected chi connectivity index (χ3v) is 5.00. The van der Waals surface area contributed by atoms with Crippen LogP contribution in [0.4, 0.5) is 0 Å². The van der Waals surface area contributed by atoms with Crippen molar-refractivity contribution in [3.63, 3.8) is 0 Å². The lowest BCUT2D eigenvalue weighted by Crippen LogP contribution is -2.33. The summed E-state index contributed by atoms with van der Waals surface area (Å²) in [5.41, 5.74) is 5.76. The van der Waals surface area contributed by atoms with Crippen LogP contribution in [0.15, 0.2) is 4.52 Å². The van der Waals surface area contributed by atoms with Gasteiger partial charge in [0, 0.05) is 18.6 Å². The van der Waals surface area contributed by atoms with E-state index in [1.54, 1.807) is 0 Å². The predicted molar refractivity (Wildman–Crippen MR) is 79.9 cm³/mol. The van der Waals surface area contributed by atoms with Crippen molar-refractivity contribution in [2.45, 2.75) is 82.3 Å². The van der Waals surface area contributed by atoms with Crippen LogP contribution in [0.3, 0.4) is 0 Å². The lowest BCUT2D eigenvalue weighted by Gasteiger charge is -2.34. The molecule has 0 amide bonds. The largest absolute Gasteiger partial charge is 0.367 e. The summed E-state index contributed by atoms with van der Waals surface area (Å²) in [5, 5.41) is 4.28. The summed E-state index contributed by atoms with van der Waals surface area (Å²) in [6.07, 6.45) is 9.97. The highest BCUT2D eigenvalue weighted by Gasteiger charge is 2.40. The number of ether oxygens (including phenoxy) is 1. The molecule has 0 saturated heterocycles. The van der Waals surface area contributed by atoms with Crippen LogP contribution in [0.1, 0.15) is 82.3 Å². The SMILES string of the molecule is CCOC1(c2noc(C3CCCC(N)C3)n2)CCCCC1. The maximum absolute atomic E-state index is 6.07. The molecule has 5 heteroatoms. The lowest BCUT2D eigenvalue weighted by molar-refractivity contribution is -0.0777. The van der Waals surface area contributed by atoms with E-state index in [2.05, 4.69) is 5.16 Å². The molecule has 2 N–H and O–H groups in total. The molecule has 1 aromatic rings. The van der Waals surface area contributed by atoms with Crippen molar-refractivity contribution < 1.29 is 9.26 Å². The van der Waals surface area contributed by atoms with Gasteiger partial charge in [-0.15, -0.1) is 0 Å². The van der Waals surface area contributed by atoms with Crippen molar-refractivity contribution in [2.75, 3.05) is 6.61 Å². The molecule has 0 radical (unpaired) electrons. The second-order valence-corrected chi connectivity index (χ2v) is 6.57. The van der Waals surface area contributed by atoms with Gasteiger partial charge in [0.1, 0.15) is 5.60 Å². The minimum atomic E-state index is -0.314. The van der Waals surface area contributed by atoms with Gasteiger partial charge in [0.05, 0.1) is 0 Å². The number of hydrogen-bond acceptors (Lipinski definition) is 5. The van der Waals surface area contributed by atoms with E-state index in [1.165, 1.54) is 19.3 Å². The average molecular weight is 293 g/mol. The topological polar surface area (TPSA) is 74.2 Å². The van der Waals surface area contributed by atoms with Crippen LogP contribution in [-0.2, 0) is 10.3 Å². The van der Waals surface area contributed by atoms with Gasteiger partial charge in [0.15, 0.2) is 0 Å². The second kappa shape index (κ2) is 6.44. The predicted octanol–water partition coefficient (Wildman–Crippen LogP) is 3.25. The van der Waals surface area contributed by atoms with Crippen molar-refractivity contribution in [2.24, 2.45) is 5.73 Å². The summed E-state index contributed by atoms with van der Waals surface area (Å²) in [5.74, 6) is 1.86. The molecule has 5 nitrogen and oxygen atoms in total. The van der Waals surface area contributed by atoms with Crippen LogP contribution in [0.5, 0.6) is 0 Å². The van der Waals surface area contributed by atoms with Crippen LogP contribution >= 0.6 is 0 Å². The summed E-state index contributed by atoms with van der Waals surface area (Å²) in [6, 6.07) is 0.273. The Hall–Kier alpha value is -0.940. The van der Waals surface area contributed by atoms with E-state index in [1.807, 2.05) is 6.92 Å². The van der Waals surface area contributed by atoms with Gasteiger partial charge >= 0.3 is 0 Å². The highest BCUT2D eigenvalue weighted by atomic mass is 16.5. The minimum Gasteiger partial charge on any atom is -0.367 e. The molecule has 21 heavy (non-hydrogen) atoms. The van der Waals surface area contributed by atoms with Crippen LogP contribution in [0.2, 0.25) is 0 Å². The van der Waals surface area contributed by atoms with Crippen LogP contribution in [0.25, 0.3) is 0 Å². The molecule has 0 bridgehead atoms. The standard InChI is InChI=1S/C16H27N3O2/c1-2-20-16(9-4-3-5-10-16)15-18-14(21-19-15)12-7-6-8-13(17)11-12/h12-13H,2-11,17H2,1H3. The number of rotatable bonds is 4. The van der Waals surface area contributed by atoms with Gasteiger partial charge in [-0.1, -0.05) is 30.8 Å². The third kappa shape index (κ3) is 3.14. The summed E-state index contributed by atoms with van der Waals surface area (Å²) in [6.45, 7) is 2.73. The monoisotopic (exact) mass is 293 g/mol. The van der Waals surface area contributed by atoms with Crippen molar-refractivity contribution in [1.29, 1.82) is 0 Å². The molecule has 2 saturated carbocycles. The van der Waals surface area contributed by atoms with Gasteiger partial charge < -0.3 is 15.0 Å². The molecule has 118 valence electrons. The molecule has 1 aromatic heterocycles. The molecule has 2 fully saturated rings. The smallest absolute Gasteiger partial charge is 0.229 e. The first-order valence-electron chi connectivity index (χ1n) is 8.47. The molecule has 2 atom stereocenters. The summed E-state index contributed by atoms with van der Waals surface area (Å²) in [7, 11) is 0. The lowest BCUT2D eigenvalue weighted by atomic mass is 9.83. The van der Waals surface area contributed by atoms with Crippen LogP contribution in [0, 0.1) is 0 Å². The first-order chi connectivity index (χ1) is 10.2. The van der Waals surface area contributed by atoms with Crippen molar-refractivity contribution in [3.05, 3.63) is 11.7 Å². The molecule has 0 spiro atoms. The number of nitrogens with two attached hydrogens (primary N) is 1. The van der Waals surface area contributed by atoms with E-state index in [0.717, 1.165) is 50.2 Å². The molecule has 2 aliphatic carbocycles. The maximum Gasteiger partial charge on any atom is 0.229 e.